The molecule has 0 amide bonds. The zero-order valence-electron chi connectivity index (χ0n) is 18.2. The zero-order valence-corrected chi connectivity index (χ0v) is 18.2. The molecule has 1 aliphatic rings. The first kappa shape index (κ1) is 21.1. The summed E-state index contributed by atoms with van der Waals surface area (Å²) >= 11 is 0. The third-order valence-corrected chi connectivity index (χ3v) is 5.79. The number of halogens is 1. The third kappa shape index (κ3) is 4.04. The molecular formula is C25H22FN5O2. The van der Waals surface area contributed by atoms with Gasteiger partial charge >= 0.3 is 0 Å². The number of methoxy groups -OCH3 is 1. The van der Waals surface area contributed by atoms with Crippen molar-refractivity contribution in [2.45, 2.75) is 6.54 Å². The summed E-state index contributed by atoms with van der Waals surface area (Å²) in [6.45, 7) is 3.74. The molecule has 1 fully saturated rings. The van der Waals surface area contributed by atoms with Crippen LogP contribution in [0.15, 0.2) is 54.9 Å². The molecule has 7 nitrogen and oxygen atoms in total. The molecule has 8 heteroatoms. The van der Waals surface area contributed by atoms with Crippen molar-refractivity contribution in [3.05, 3.63) is 71.8 Å². The molecule has 3 heterocycles. The quantitative estimate of drug-likeness (QED) is 0.466. The molecule has 5 rings (SSSR count). The molecule has 2 aromatic heterocycles. The molecule has 1 aliphatic heterocycles. The van der Waals surface area contributed by atoms with Crippen LogP contribution < -0.4 is 4.74 Å². The highest BCUT2D eigenvalue weighted by atomic mass is 19.1. The van der Waals surface area contributed by atoms with E-state index in [0.29, 0.717) is 53.8 Å². The predicted molar refractivity (Wildman–Crippen MR) is 121 cm³/mol. The van der Waals surface area contributed by atoms with Gasteiger partial charge in [0.05, 0.1) is 43.3 Å². The number of nitriles is 1. The SMILES string of the molecule is COc1nc(-c2ccc(C#N)cc2)c(-c2ccc(CN3CCOCC3)cc2F)n2ccnc12. The minimum Gasteiger partial charge on any atom is -0.478 e. The molecule has 166 valence electrons. The van der Waals surface area contributed by atoms with Crippen LogP contribution >= 0.6 is 0 Å². The van der Waals surface area contributed by atoms with Crippen molar-refractivity contribution in [2.24, 2.45) is 0 Å². The normalized spacial score (nSPS) is 14.3. The first-order valence-electron chi connectivity index (χ1n) is 10.7. The molecule has 2 aromatic carbocycles. The molecule has 1 saturated heterocycles. The maximum absolute atomic E-state index is 15.5. The molecule has 0 aliphatic carbocycles. The van der Waals surface area contributed by atoms with Crippen LogP contribution in [0.3, 0.4) is 0 Å². The second-order valence-corrected chi connectivity index (χ2v) is 7.83. The van der Waals surface area contributed by atoms with Crippen molar-refractivity contribution in [2.75, 3.05) is 33.4 Å². The van der Waals surface area contributed by atoms with Crippen LogP contribution in [0.25, 0.3) is 28.2 Å². The third-order valence-electron chi connectivity index (χ3n) is 5.79. The number of ether oxygens (including phenoxy) is 2. The van der Waals surface area contributed by atoms with Crippen LogP contribution in [0.4, 0.5) is 4.39 Å². The van der Waals surface area contributed by atoms with E-state index in [4.69, 9.17) is 14.7 Å². The van der Waals surface area contributed by atoms with E-state index in [-0.39, 0.29) is 5.82 Å². The van der Waals surface area contributed by atoms with Gasteiger partial charge in [-0.25, -0.2) is 14.4 Å². The van der Waals surface area contributed by atoms with Crippen molar-refractivity contribution >= 4 is 5.65 Å². The second-order valence-electron chi connectivity index (χ2n) is 7.83. The molecule has 0 saturated carbocycles. The maximum atomic E-state index is 15.5. The lowest BCUT2D eigenvalue weighted by Crippen LogP contribution is -2.35. The Balaban J connectivity index is 1.63. The van der Waals surface area contributed by atoms with Gasteiger partial charge in [0.1, 0.15) is 5.82 Å². The van der Waals surface area contributed by atoms with Crippen molar-refractivity contribution < 1.29 is 13.9 Å². The minimum absolute atomic E-state index is 0.336. The van der Waals surface area contributed by atoms with E-state index in [9.17, 15) is 0 Å². The fourth-order valence-electron chi connectivity index (χ4n) is 4.13. The summed E-state index contributed by atoms with van der Waals surface area (Å²) < 4.78 is 28.2. The van der Waals surface area contributed by atoms with Crippen molar-refractivity contribution in [1.82, 2.24) is 19.3 Å². The number of morpholine rings is 1. The van der Waals surface area contributed by atoms with Gasteiger partial charge in [0.2, 0.25) is 5.65 Å². The first-order valence-corrected chi connectivity index (χ1v) is 10.7. The Morgan fingerprint density at radius 1 is 1.15 bits per heavy atom. The molecule has 0 atom stereocenters. The Bertz CT molecular complexity index is 1340. The maximum Gasteiger partial charge on any atom is 0.258 e. The lowest BCUT2D eigenvalue weighted by Gasteiger charge is -2.26. The van der Waals surface area contributed by atoms with Crippen LogP contribution in [0.1, 0.15) is 11.1 Å². The van der Waals surface area contributed by atoms with Gasteiger partial charge < -0.3 is 9.47 Å². The number of benzene rings is 2. The molecular weight excluding hydrogens is 421 g/mol. The van der Waals surface area contributed by atoms with Gasteiger partial charge in [0, 0.05) is 43.2 Å². The minimum atomic E-state index is -0.336. The lowest BCUT2D eigenvalue weighted by molar-refractivity contribution is 0.0341. The van der Waals surface area contributed by atoms with E-state index in [1.807, 2.05) is 6.07 Å². The van der Waals surface area contributed by atoms with Crippen LogP contribution in [-0.4, -0.2) is 52.7 Å². The average molecular weight is 443 g/mol. The van der Waals surface area contributed by atoms with Crippen molar-refractivity contribution in [1.29, 1.82) is 5.26 Å². The van der Waals surface area contributed by atoms with E-state index in [0.717, 1.165) is 24.2 Å². The standard InChI is InChI=1S/C25H22FN5O2/c1-32-25-24-28-8-9-31(24)23(22(29-25)19-5-2-17(15-27)3-6-19)20-7-4-18(14-21(20)26)16-30-10-12-33-13-11-30/h2-9,14H,10-13,16H2,1H3. The summed E-state index contributed by atoms with van der Waals surface area (Å²) in [5, 5.41) is 9.15. The number of fused-ring (bicyclic) bond motifs is 1. The molecule has 4 aromatic rings. The van der Waals surface area contributed by atoms with E-state index < -0.39 is 0 Å². The summed E-state index contributed by atoms with van der Waals surface area (Å²) in [5.41, 5.74) is 4.22. The second kappa shape index (κ2) is 8.98. The summed E-state index contributed by atoms with van der Waals surface area (Å²) in [4.78, 5) is 11.3. The molecule has 0 N–H and O–H groups in total. The van der Waals surface area contributed by atoms with E-state index in [1.165, 1.54) is 7.11 Å². The van der Waals surface area contributed by atoms with Crippen molar-refractivity contribution in [3.63, 3.8) is 0 Å². The number of hydrogen-bond acceptors (Lipinski definition) is 6. The van der Waals surface area contributed by atoms with Gasteiger partial charge in [-0.1, -0.05) is 18.2 Å². The molecule has 0 unspecified atom stereocenters. The molecule has 0 radical (unpaired) electrons. The van der Waals surface area contributed by atoms with Crippen LogP contribution in [0.5, 0.6) is 5.88 Å². The number of aromatic nitrogens is 3. The van der Waals surface area contributed by atoms with Gasteiger partial charge in [-0.3, -0.25) is 9.30 Å². The fourth-order valence-corrected chi connectivity index (χ4v) is 4.13. The molecule has 0 spiro atoms. The Morgan fingerprint density at radius 3 is 2.64 bits per heavy atom. The van der Waals surface area contributed by atoms with E-state index >= 15 is 4.39 Å². The number of nitrogens with zero attached hydrogens (tertiary/aromatic N) is 5. The summed E-state index contributed by atoms with van der Waals surface area (Å²) in [6.07, 6.45) is 3.40. The first-order chi connectivity index (χ1) is 16.2. The Hall–Kier alpha value is -3.80. The number of hydrogen-bond donors (Lipinski definition) is 0. The largest absolute Gasteiger partial charge is 0.478 e. The topological polar surface area (TPSA) is 75.7 Å². The highest BCUT2D eigenvalue weighted by Crippen LogP contribution is 2.36. The Labute approximate surface area is 190 Å². The highest BCUT2D eigenvalue weighted by molar-refractivity contribution is 5.82. The fraction of sp³-hybridized carbons (Fsp3) is 0.240. The average Bonchev–Trinajstić information content (AvgIpc) is 3.34. The van der Waals surface area contributed by atoms with Gasteiger partial charge in [-0.15, -0.1) is 0 Å². The number of imidazole rings is 1. The van der Waals surface area contributed by atoms with Gasteiger partial charge in [-0.05, 0) is 29.8 Å². The van der Waals surface area contributed by atoms with E-state index in [1.54, 1.807) is 53.2 Å². The van der Waals surface area contributed by atoms with Crippen LogP contribution in [0.2, 0.25) is 0 Å². The molecule has 33 heavy (non-hydrogen) atoms. The predicted octanol–water partition coefficient (Wildman–Crippen LogP) is 3.91. The lowest BCUT2D eigenvalue weighted by atomic mass is 10.0. The van der Waals surface area contributed by atoms with Gasteiger partial charge in [0.25, 0.3) is 5.88 Å². The smallest absolute Gasteiger partial charge is 0.258 e. The van der Waals surface area contributed by atoms with Gasteiger partial charge in [0.15, 0.2) is 0 Å². The van der Waals surface area contributed by atoms with Gasteiger partial charge in [-0.2, -0.15) is 5.26 Å². The summed E-state index contributed by atoms with van der Waals surface area (Å²) in [7, 11) is 1.53. The molecule has 0 bridgehead atoms. The van der Waals surface area contributed by atoms with Crippen LogP contribution in [-0.2, 0) is 11.3 Å². The Kier molecular flexibility index (Phi) is 5.73. The summed E-state index contributed by atoms with van der Waals surface area (Å²) in [5.74, 6) is 0.00470. The van der Waals surface area contributed by atoms with Crippen molar-refractivity contribution in [3.8, 4) is 34.5 Å². The monoisotopic (exact) mass is 443 g/mol. The van der Waals surface area contributed by atoms with E-state index in [2.05, 4.69) is 20.9 Å². The highest BCUT2D eigenvalue weighted by Gasteiger charge is 2.21. The Morgan fingerprint density at radius 2 is 1.94 bits per heavy atom. The van der Waals surface area contributed by atoms with Crippen LogP contribution in [0, 0.1) is 17.1 Å². The summed E-state index contributed by atoms with van der Waals surface area (Å²) in [6, 6.07) is 14.5. The number of rotatable bonds is 5. The zero-order chi connectivity index (χ0) is 22.8.